The summed E-state index contributed by atoms with van der Waals surface area (Å²) in [5.74, 6) is -2.47. The lowest BCUT2D eigenvalue weighted by Gasteiger charge is -2.24. The Morgan fingerprint density at radius 2 is 1.90 bits per heavy atom. The van der Waals surface area contributed by atoms with E-state index in [0.29, 0.717) is 11.4 Å². The number of nitrogens with two attached hydrogens (primary N) is 1. The minimum atomic E-state index is -1.07. The lowest BCUT2D eigenvalue weighted by molar-refractivity contribution is -0.135. The molecule has 0 bridgehead atoms. The normalized spacial score (nSPS) is 10.4. The molecule has 0 saturated carbocycles. The van der Waals surface area contributed by atoms with Crippen LogP contribution in [0.2, 0.25) is 0 Å². The molecule has 0 unspecified atom stereocenters. The number of carboxylic acids is 1. The molecule has 0 spiro atoms. The Morgan fingerprint density at radius 3 is 2.52 bits per heavy atom. The average molecular weight is 292 g/mol. The second-order valence-corrected chi connectivity index (χ2v) is 4.54. The quantitative estimate of drug-likeness (QED) is 0.831. The van der Waals surface area contributed by atoms with Crippen molar-refractivity contribution in [1.29, 1.82) is 0 Å². The zero-order chi connectivity index (χ0) is 15.4. The molecule has 0 saturated heterocycles. The Labute approximate surface area is 120 Å². The first-order chi connectivity index (χ1) is 9.97. The van der Waals surface area contributed by atoms with E-state index in [4.69, 9.17) is 10.8 Å². The summed E-state index contributed by atoms with van der Waals surface area (Å²) < 4.78 is 26.6. The molecule has 0 amide bonds. The number of hydrogen-bond donors (Lipinski definition) is 2. The van der Waals surface area contributed by atoms with E-state index >= 15 is 0 Å². The van der Waals surface area contributed by atoms with Crippen molar-refractivity contribution in [3.8, 4) is 0 Å². The van der Waals surface area contributed by atoms with Gasteiger partial charge in [0.1, 0.15) is 18.2 Å². The first-order valence-electron chi connectivity index (χ1n) is 6.22. The molecular weight excluding hydrogens is 278 g/mol. The summed E-state index contributed by atoms with van der Waals surface area (Å²) in [7, 11) is 0. The van der Waals surface area contributed by atoms with Gasteiger partial charge in [-0.1, -0.05) is 18.2 Å². The van der Waals surface area contributed by atoms with E-state index in [2.05, 4.69) is 0 Å². The van der Waals surface area contributed by atoms with E-state index in [9.17, 15) is 13.6 Å². The van der Waals surface area contributed by atoms with Crippen molar-refractivity contribution < 1.29 is 18.7 Å². The fourth-order valence-electron chi connectivity index (χ4n) is 2.02. The minimum absolute atomic E-state index is 0.0212. The molecule has 21 heavy (non-hydrogen) atoms. The number of carbonyl (C=O) groups is 1. The lowest BCUT2D eigenvalue weighted by atomic mass is 10.1. The van der Waals surface area contributed by atoms with Gasteiger partial charge in [0.25, 0.3) is 0 Å². The van der Waals surface area contributed by atoms with Crippen molar-refractivity contribution >= 4 is 17.3 Å². The second kappa shape index (κ2) is 6.21. The van der Waals surface area contributed by atoms with Crippen molar-refractivity contribution in [2.24, 2.45) is 0 Å². The number of anilines is 2. The molecule has 6 heteroatoms. The van der Waals surface area contributed by atoms with E-state index in [-0.39, 0.29) is 18.7 Å². The molecule has 2 aromatic rings. The van der Waals surface area contributed by atoms with Crippen molar-refractivity contribution in [2.75, 3.05) is 17.2 Å². The van der Waals surface area contributed by atoms with Gasteiger partial charge in [-0.2, -0.15) is 0 Å². The first kappa shape index (κ1) is 14.8. The summed E-state index contributed by atoms with van der Waals surface area (Å²) in [5, 5.41) is 8.99. The topological polar surface area (TPSA) is 66.6 Å². The Kier molecular flexibility index (Phi) is 4.37. The largest absolute Gasteiger partial charge is 0.480 e. The molecule has 0 fully saturated rings. The second-order valence-electron chi connectivity index (χ2n) is 4.54. The zero-order valence-electron chi connectivity index (χ0n) is 11.1. The van der Waals surface area contributed by atoms with Crippen molar-refractivity contribution in [2.45, 2.75) is 6.54 Å². The third kappa shape index (κ3) is 3.68. The van der Waals surface area contributed by atoms with Crippen LogP contribution < -0.4 is 10.6 Å². The average Bonchev–Trinajstić information content (AvgIpc) is 2.41. The zero-order valence-corrected chi connectivity index (χ0v) is 11.1. The van der Waals surface area contributed by atoms with E-state index in [1.54, 1.807) is 24.3 Å². The minimum Gasteiger partial charge on any atom is -0.480 e. The molecule has 0 atom stereocenters. The summed E-state index contributed by atoms with van der Waals surface area (Å²) >= 11 is 0. The van der Waals surface area contributed by atoms with Gasteiger partial charge in [-0.15, -0.1) is 0 Å². The molecule has 2 rings (SSSR count). The number of nitrogens with zero attached hydrogens (tertiary/aromatic N) is 1. The Balaban J connectivity index is 2.33. The van der Waals surface area contributed by atoms with Crippen LogP contribution in [0.25, 0.3) is 0 Å². The van der Waals surface area contributed by atoms with Gasteiger partial charge in [0.15, 0.2) is 0 Å². The van der Waals surface area contributed by atoms with Crippen LogP contribution >= 0.6 is 0 Å². The molecule has 0 aliphatic carbocycles. The Hall–Kier alpha value is -2.63. The van der Waals surface area contributed by atoms with Gasteiger partial charge in [0, 0.05) is 18.2 Å². The van der Waals surface area contributed by atoms with Gasteiger partial charge in [0.05, 0.1) is 11.4 Å². The van der Waals surface area contributed by atoms with Crippen LogP contribution in [0, 0.1) is 11.6 Å². The van der Waals surface area contributed by atoms with Crippen LogP contribution in [0.5, 0.6) is 0 Å². The molecule has 0 aliphatic heterocycles. The van der Waals surface area contributed by atoms with Gasteiger partial charge < -0.3 is 15.7 Å². The third-order valence-corrected chi connectivity index (χ3v) is 2.98. The molecule has 4 nitrogen and oxygen atoms in total. The number of para-hydroxylation sites is 2. The highest BCUT2D eigenvalue weighted by Crippen LogP contribution is 2.25. The Morgan fingerprint density at radius 1 is 1.19 bits per heavy atom. The number of aliphatic carboxylic acids is 1. The van der Waals surface area contributed by atoms with Gasteiger partial charge in [-0.3, -0.25) is 4.79 Å². The lowest BCUT2D eigenvalue weighted by Crippen LogP contribution is -2.30. The Bertz CT molecular complexity index is 662. The predicted octanol–water partition coefficient (Wildman–Crippen LogP) is 2.64. The van der Waals surface area contributed by atoms with Gasteiger partial charge >= 0.3 is 5.97 Å². The summed E-state index contributed by atoms with van der Waals surface area (Å²) in [6, 6.07) is 9.90. The predicted molar refractivity (Wildman–Crippen MR) is 75.9 cm³/mol. The van der Waals surface area contributed by atoms with Crippen molar-refractivity contribution in [3.63, 3.8) is 0 Å². The highest BCUT2D eigenvalue weighted by molar-refractivity contribution is 5.77. The van der Waals surface area contributed by atoms with Gasteiger partial charge in [-0.05, 0) is 18.2 Å². The fraction of sp³-hybridized carbons (Fsp3) is 0.133. The van der Waals surface area contributed by atoms with Crippen LogP contribution in [0.1, 0.15) is 5.56 Å². The number of benzene rings is 2. The third-order valence-electron chi connectivity index (χ3n) is 2.98. The monoisotopic (exact) mass is 292 g/mol. The van der Waals surface area contributed by atoms with E-state index in [1.165, 1.54) is 11.0 Å². The summed E-state index contributed by atoms with van der Waals surface area (Å²) in [6.07, 6.45) is 0. The van der Waals surface area contributed by atoms with Crippen molar-refractivity contribution in [1.82, 2.24) is 0 Å². The number of hydrogen-bond acceptors (Lipinski definition) is 3. The van der Waals surface area contributed by atoms with Crippen LogP contribution in [0.4, 0.5) is 20.2 Å². The van der Waals surface area contributed by atoms with Gasteiger partial charge in [-0.25, -0.2) is 8.78 Å². The van der Waals surface area contributed by atoms with E-state index < -0.39 is 17.6 Å². The van der Waals surface area contributed by atoms with E-state index in [1.807, 2.05) is 0 Å². The molecule has 0 aromatic heterocycles. The number of rotatable bonds is 5. The molecule has 0 radical (unpaired) electrons. The molecular formula is C15H14F2N2O2. The summed E-state index contributed by atoms with van der Waals surface area (Å²) in [4.78, 5) is 12.4. The number of carboxylic acid groups (broad SMARTS) is 1. The highest BCUT2D eigenvalue weighted by atomic mass is 19.1. The molecule has 2 aromatic carbocycles. The van der Waals surface area contributed by atoms with Crippen molar-refractivity contribution in [3.05, 3.63) is 59.7 Å². The number of nitrogen functional groups attached to an aromatic ring is 1. The maximum absolute atomic E-state index is 13.7. The maximum atomic E-state index is 13.7. The number of halogens is 2. The SMILES string of the molecule is Nc1ccccc1N(CC(=O)O)Cc1ccc(F)cc1F. The summed E-state index contributed by atoms with van der Waals surface area (Å²) in [5.41, 5.74) is 6.90. The molecule has 0 heterocycles. The fourth-order valence-corrected chi connectivity index (χ4v) is 2.02. The van der Waals surface area contributed by atoms with Crippen LogP contribution in [-0.4, -0.2) is 17.6 Å². The van der Waals surface area contributed by atoms with Crippen LogP contribution in [-0.2, 0) is 11.3 Å². The van der Waals surface area contributed by atoms with Gasteiger partial charge in [0.2, 0.25) is 0 Å². The van der Waals surface area contributed by atoms with Crippen LogP contribution in [0.3, 0.4) is 0 Å². The smallest absolute Gasteiger partial charge is 0.323 e. The molecule has 0 aliphatic rings. The van der Waals surface area contributed by atoms with Crippen LogP contribution in [0.15, 0.2) is 42.5 Å². The summed E-state index contributed by atoms with van der Waals surface area (Å²) in [6.45, 7) is -0.363. The highest BCUT2D eigenvalue weighted by Gasteiger charge is 2.16. The standard InChI is InChI=1S/C15H14F2N2O2/c16-11-6-5-10(12(17)7-11)8-19(9-15(20)21)14-4-2-1-3-13(14)18/h1-7H,8-9,18H2,(H,20,21). The molecule has 110 valence electrons. The first-order valence-corrected chi connectivity index (χ1v) is 6.22. The molecule has 3 N–H and O–H groups in total. The maximum Gasteiger partial charge on any atom is 0.323 e. The van der Waals surface area contributed by atoms with E-state index in [0.717, 1.165) is 12.1 Å².